The first kappa shape index (κ1) is 15.7. The number of aliphatic hydroxyl groups is 1. The summed E-state index contributed by atoms with van der Waals surface area (Å²) in [4.78, 5) is 3.13. The molecule has 0 spiro atoms. The molecule has 0 radical (unpaired) electrons. The van der Waals surface area contributed by atoms with Crippen molar-refractivity contribution in [3.05, 3.63) is 29.6 Å². The largest absolute Gasteiger partial charge is 0.417 e. The van der Waals surface area contributed by atoms with E-state index in [-0.39, 0.29) is 0 Å². The van der Waals surface area contributed by atoms with Gasteiger partial charge in [0.25, 0.3) is 0 Å². The number of aliphatic hydroxyl groups excluding tert-OH is 1. The summed E-state index contributed by atoms with van der Waals surface area (Å²) in [6.45, 7) is -1.60. The molecule has 2 unspecified atom stereocenters. The van der Waals surface area contributed by atoms with Gasteiger partial charge >= 0.3 is 12.4 Å². The lowest BCUT2D eigenvalue weighted by atomic mass is 9.98. The molecule has 0 aromatic carbocycles. The number of aromatic nitrogens is 1. The smallest absolute Gasteiger partial charge is 0.383 e. The zero-order valence-corrected chi connectivity index (χ0v) is 9.13. The minimum atomic E-state index is -5.08. The molecule has 2 atom stereocenters. The second kappa shape index (κ2) is 5.32. The lowest BCUT2D eigenvalue weighted by Gasteiger charge is -2.22. The zero-order valence-electron chi connectivity index (χ0n) is 9.13. The molecule has 0 aliphatic heterocycles. The molecular formula is C10H8F7NO. The average molecular weight is 291 g/mol. The lowest BCUT2D eigenvalue weighted by molar-refractivity contribution is -0.212. The Kier molecular flexibility index (Phi) is 4.39. The van der Waals surface area contributed by atoms with Gasteiger partial charge in [0.1, 0.15) is 6.67 Å². The molecule has 1 aromatic rings. The highest BCUT2D eigenvalue weighted by atomic mass is 19.4. The number of alkyl halides is 7. The van der Waals surface area contributed by atoms with Crippen LogP contribution in [0, 0.1) is 0 Å². The molecule has 0 aliphatic rings. The van der Waals surface area contributed by atoms with Crippen LogP contribution in [0.1, 0.15) is 17.2 Å². The Labute approximate surface area is 102 Å². The van der Waals surface area contributed by atoms with Gasteiger partial charge < -0.3 is 5.11 Å². The Hall–Kier alpha value is -1.38. The lowest BCUT2D eigenvalue weighted by Crippen LogP contribution is -2.36. The fourth-order valence-electron chi connectivity index (χ4n) is 1.35. The van der Waals surface area contributed by atoms with E-state index in [9.17, 15) is 30.7 Å². The maximum absolute atomic E-state index is 12.5. The van der Waals surface area contributed by atoms with Crippen LogP contribution in [0.15, 0.2) is 18.3 Å². The molecule has 1 rings (SSSR count). The predicted octanol–water partition coefficient (Wildman–Crippen LogP) is 3.08. The van der Waals surface area contributed by atoms with Gasteiger partial charge in [-0.3, -0.25) is 9.37 Å². The summed E-state index contributed by atoms with van der Waals surface area (Å²) < 4.78 is 85.8. The van der Waals surface area contributed by atoms with Crippen molar-refractivity contribution in [2.75, 3.05) is 6.67 Å². The molecule has 0 aliphatic carbocycles. The van der Waals surface area contributed by atoms with E-state index in [1.165, 1.54) is 0 Å². The Morgan fingerprint density at radius 2 is 1.68 bits per heavy atom. The van der Waals surface area contributed by atoms with E-state index in [0.717, 1.165) is 0 Å². The monoisotopic (exact) mass is 291 g/mol. The van der Waals surface area contributed by atoms with Gasteiger partial charge in [0.2, 0.25) is 0 Å². The van der Waals surface area contributed by atoms with Gasteiger partial charge in [0.15, 0.2) is 6.10 Å². The molecule has 0 amide bonds. The number of hydrogen-bond donors (Lipinski definition) is 1. The number of nitrogens with zero attached hydrogens (tertiary/aromatic N) is 1. The van der Waals surface area contributed by atoms with Crippen LogP contribution in [0.4, 0.5) is 30.7 Å². The third-order valence-electron chi connectivity index (χ3n) is 2.38. The van der Waals surface area contributed by atoms with Gasteiger partial charge in [-0.05, 0) is 12.1 Å². The number of pyridine rings is 1. The summed E-state index contributed by atoms with van der Waals surface area (Å²) in [6.07, 6.45) is -12.5. The van der Waals surface area contributed by atoms with Crippen molar-refractivity contribution in [2.24, 2.45) is 0 Å². The molecule has 1 aromatic heterocycles. The summed E-state index contributed by atoms with van der Waals surface area (Å²) in [7, 11) is 0. The first-order valence-corrected chi connectivity index (χ1v) is 4.91. The maximum atomic E-state index is 12.5. The number of rotatable bonds is 3. The van der Waals surface area contributed by atoms with Gasteiger partial charge in [-0.1, -0.05) is 0 Å². The van der Waals surface area contributed by atoms with E-state index in [4.69, 9.17) is 5.11 Å². The molecule has 19 heavy (non-hydrogen) atoms. The Bertz CT molecular complexity index is 411. The van der Waals surface area contributed by atoms with Crippen LogP contribution in [-0.2, 0) is 6.18 Å². The van der Waals surface area contributed by atoms with Gasteiger partial charge in [0.05, 0.1) is 11.5 Å². The summed E-state index contributed by atoms with van der Waals surface area (Å²) in [5.41, 5.74) is -1.77. The summed E-state index contributed by atoms with van der Waals surface area (Å²) in [5, 5.41) is 8.90. The van der Waals surface area contributed by atoms with Gasteiger partial charge in [-0.25, -0.2) is 0 Å². The Balaban J connectivity index is 3.01. The highest BCUT2D eigenvalue weighted by molar-refractivity contribution is 5.20. The Morgan fingerprint density at radius 3 is 2.00 bits per heavy atom. The van der Waals surface area contributed by atoms with E-state index in [1.807, 2.05) is 0 Å². The van der Waals surface area contributed by atoms with Crippen LogP contribution >= 0.6 is 0 Å². The van der Waals surface area contributed by atoms with Crippen LogP contribution in [-0.4, -0.2) is 29.0 Å². The van der Waals surface area contributed by atoms with Crippen molar-refractivity contribution in [1.82, 2.24) is 4.98 Å². The van der Waals surface area contributed by atoms with Crippen LogP contribution in [0.5, 0.6) is 0 Å². The Morgan fingerprint density at radius 1 is 1.11 bits per heavy atom. The maximum Gasteiger partial charge on any atom is 0.417 e. The van der Waals surface area contributed by atoms with E-state index < -0.39 is 42.3 Å². The molecule has 0 fully saturated rings. The summed E-state index contributed by atoms with van der Waals surface area (Å²) in [6, 6.07) is 1.09. The summed E-state index contributed by atoms with van der Waals surface area (Å²) in [5.74, 6) is -2.05. The normalized spacial score (nSPS) is 16.2. The number of halogens is 7. The predicted molar refractivity (Wildman–Crippen MR) is 50.0 cm³/mol. The quantitative estimate of drug-likeness (QED) is 0.868. The molecular weight excluding hydrogens is 283 g/mol. The van der Waals surface area contributed by atoms with Crippen molar-refractivity contribution in [3.8, 4) is 0 Å². The fourth-order valence-corrected chi connectivity index (χ4v) is 1.35. The molecule has 0 saturated carbocycles. The van der Waals surface area contributed by atoms with E-state index in [1.54, 1.807) is 0 Å². The first-order valence-electron chi connectivity index (χ1n) is 4.91. The van der Waals surface area contributed by atoms with Gasteiger partial charge in [0, 0.05) is 11.9 Å². The zero-order chi connectivity index (χ0) is 14.8. The van der Waals surface area contributed by atoms with Crippen molar-refractivity contribution in [2.45, 2.75) is 24.4 Å². The molecule has 2 nitrogen and oxygen atoms in total. The molecule has 1 heterocycles. The van der Waals surface area contributed by atoms with Crippen LogP contribution in [0.25, 0.3) is 0 Å². The fraction of sp³-hybridized carbons (Fsp3) is 0.500. The van der Waals surface area contributed by atoms with Crippen molar-refractivity contribution in [3.63, 3.8) is 0 Å². The standard InChI is InChI=1S/C10H8F7NO/c11-3-6(8(19)10(15,16)17)7-2-1-5(4-18-7)9(12,13)14/h1-2,4,6,8,19H,3H2. The SMILES string of the molecule is OC(C(CF)c1ccc(C(F)(F)F)cn1)C(F)(F)F. The van der Waals surface area contributed by atoms with Crippen LogP contribution in [0.3, 0.4) is 0 Å². The van der Waals surface area contributed by atoms with Gasteiger partial charge in [-0.15, -0.1) is 0 Å². The molecule has 0 saturated heterocycles. The highest BCUT2D eigenvalue weighted by Crippen LogP contribution is 2.33. The van der Waals surface area contributed by atoms with Crippen molar-refractivity contribution < 1.29 is 35.8 Å². The number of hydrogen-bond acceptors (Lipinski definition) is 2. The summed E-state index contributed by atoms with van der Waals surface area (Å²) >= 11 is 0. The third kappa shape index (κ3) is 3.79. The average Bonchev–Trinajstić information content (AvgIpc) is 2.28. The van der Waals surface area contributed by atoms with E-state index in [2.05, 4.69) is 4.98 Å². The molecule has 0 bridgehead atoms. The minimum Gasteiger partial charge on any atom is -0.383 e. The van der Waals surface area contributed by atoms with E-state index >= 15 is 0 Å². The van der Waals surface area contributed by atoms with Gasteiger partial charge in [-0.2, -0.15) is 26.3 Å². The van der Waals surface area contributed by atoms with Crippen molar-refractivity contribution >= 4 is 0 Å². The van der Waals surface area contributed by atoms with Crippen LogP contribution < -0.4 is 0 Å². The van der Waals surface area contributed by atoms with Crippen LogP contribution in [0.2, 0.25) is 0 Å². The third-order valence-corrected chi connectivity index (χ3v) is 2.38. The van der Waals surface area contributed by atoms with Crippen molar-refractivity contribution in [1.29, 1.82) is 0 Å². The molecule has 9 heteroatoms. The molecule has 1 N–H and O–H groups in total. The second-order valence-electron chi connectivity index (χ2n) is 3.72. The van der Waals surface area contributed by atoms with E-state index in [0.29, 0.717) is 18.3 Å². The highest BCUT2D eigenvalue weighted by Gasteiger charge is 2.44. The molecule has 108 valence electrons. The first-order chi connectivity index (χ1) is 8.57. The minimum absolute atomic E-state index is 0.293. The second-order valence-corrected chi connectivity index (χ2v) is 3.72. The topological polar surface area (TPSA) is 33.1 Å².